The van der Waals surface area contributed by atoms with Gasteiger partial charge in [0.05, 0.1) is 23.6 Å². The molecule has 0 unspecified atom stereocenters. The second-order valence-electron chi connectivity index (χ2n) is 3.81. The second-order valence-corrected chi connectivity index (χ2v) is 4.60. The third-order valence-electron chi connectivity index (χ3n) is 2.59. The predicted octanol–water partition coefficient (Wildman–Crippen LogP) is 3.46. The minimum Gasteiger partial charge on any atom is -0.493 e. The third-order valence-corrected chi connectivity index (χ3v) is 3.36. The largest absolute Gasteiger partial charge is 0.493 e. The molecule has 0 fully saturated rings. The first kappa shape index (κ1) is 14.6. The number of pyridine rings is 1. The van der Waals surface area contributed by atoms with Gasteiger partial charge in [-0.05, 0) is 22.9 Å². The maximum atomic E-state index is 13.9. The van der Waals surface area contributed by atoms with Gasteiger partial charge in [-0.2, -0.15) is 0 Å². The van der Waals surface area contributed by atoms with Gasteiger partial charge in [0.2, 0.25) is 0 Å². The van der Waals surface area contributed by atoms with Crippen molar-refractivity contribution in [3.05, 3.63) is 33.9 Å². The van der Waals surface area contributed by atoms with Crippen LogP contribution in [0.3, 0.4) is 0 Å². The standard InChI is InChI=1S/C13H10BrF2NO3/c1-3-20-9-5-8(13(18)19-2)17-12-7(16)4-6(15)11(14)10(9)12/h4-5H,3H2,1-2H3. The summed E-state index contributed by atoms with van der Waals surface area (Å²) in [4.78, 5) is 15.4. The number of fused-ring (bicyclic) bond motifs is 1. The lowest BCUT2D eigenvalue weighted by Crippen LogP contribution is -2.07. The van der Waals surface area contributed by atoms with Crippen LogP contribution in [0.25, 0.3) is 10.9 Å². The normalized spacial score (nSPS) is 10.7. The summed E-state index contributed by atoms with van der Waals surface area (Å²) in [5.74, 6) is -2.23. The minimum atomic E-state index is -0.882. The van der Waals surface area contributed by atoms with Crippen LogP contribution in [0, 0.1) is 11.6 Å². The molecule has 0 aliphatic rings. The molecule has 1 heterocycles. The number of methoxy groups -OCH3 is 1. The van der Waals surface area contributed by atoms with E-state index in [1.807, 2.05) is 0 Å². The Morgan fingerprint density at radius 3 is 2.65 bits per heavy atom. The van der Waals surface area contributed by atoms with Crippen LogP contribution < -0.4 is 4.74 Å². The fourth-order valence-electron chi connectivity index (χ4n) is 1.75. The highest BCUT2D eigenvalue weighted by atomic mass is 79.9. The van der Waals surface area contributed by atoms with Crippen molar-refractivity contribution in [2.45, 2.75) is 6.92 Å². The molecule has 0 atom stereocenters. The van der Waals surface area contributed by atoms with Crippen LogP contribution in [0.2, 0.25) is 0 Å². The molecule has 0 radical (unpaired) electrons. The highest BCUT2D eigenvalue weighted by Crippen LogP contribution is 2.35. The Hall–Kier alpha value is -1.76. The number of aromatic nitrogens is 1. The molecule has 2 aromatic rings. The topological polar surface area (TPSA) is 48.4 Å². The average molecular weight is 346 g/mol. The third kappa shape index (κ3) is 2.45. The zero-order valence-electron chi connectivity index (χ0n) is 10.7. The van der Waals surface area contributed by atoms with Gasteiger partial charge in [-0.15, -0.1) is 0 Å². The number of carbonyl (C=O) groups is 1. The van der Waals surface area contributed by atoms with Gasteiger partial charge in [0, 0.05) is 12.1 Å². The molecule has 1 aromatic heterocycles. The van der Waals surface area contributed by atoms with Crippen LogP contribution in [-0.2, 0) is 4.74 Å². The number of benzene rings is 1. The van der Waals surface area contributed by atoms with Crippen molar-refractivity contribution >= 4 is 32.8 Å². The van der Waals surface area contributed by atoms with E-state index in [4.69, 9.17) is 4.74 Å². The Balaban J connectivity index is 2.85. The molecule has 0 amide bonds. The van der Waals surface area contributed by atoms with Gasteiger partial charge in [-0.3, -0.25) is 0 Å². The van der Waals surface area contributed by atoms with Crippen LogP contribution in [0.5, 0.6) is 5.75 Å². The van der Waals surface area contributed by atoms with Gasteiger partial charge in [0.1, 0.15) is 17.1 Å². The maximum absolute atomic E-state index is 13.9. The van der Waals surface area contributed by atoms with Gasteiger partial charge < -0.3 is 9.47 Å². The molecular weight excluding hydrogens is 336 g/mol. The van der Waals surface area contributed by atoms with Crippen molar-refractivity contribution in [1.82, 2.24) is 4.98 Å². The molecular formula is C13H10BrF2NO3. The van der Waals surface area contributed by atoms with Crippen molar-refractivity contribution in [3.8, 4) is 5.75 Å². The first-order valence-electron chi connectivity index (χ1n) is 5.69. The Labute approximate surface area is 121 Å². The summed E-state index contributed by atoms with van der Waals surface area (Å²) in [6.07, 6.45) is 0. The van der Waals surface area contributed by atoms with Crippen LogP contribution in [0.1, 0.15) is 17.4 Å². The number of hydrogen-bond donors (Lipinski definition) is 0. The first-order chi connectivity index (χ1) is 9.49. The van der Waals surface area contributed by atoms with Gasteiger partial charge >= 0.3 is 5.97 Å². The lowest BCUT2D eigenvalue weighted by molar-refractivity contribution is 0.0594. The number of rotatable bonds is 3. The zero-order valence-corrected chi connectivity index (χ0v) is 12.3. The van der Waals surface area contributed by atoms with E-state index in [1.165, 1.54) is 13.2 Å². The van der Waals surface area contributed by atoms with E-state index in [0.717, 1.165) is 0 Å². The van der Waals surface area contributed by atoms with Crippen LogP contribution in [-0.4, -0.2) is 24.7 Å². The summed E-state index contributed by atoms with van der Waals surface area (Å²) < 4.78 is 37.4. The molecule has 20 heavy (non-hydrogen) atoms. The Bertz CT molecular complexity index is 691. The zero-order chi connectivity index (χ0) is 14.9. The molecule has 1 aromatic carbocycles. The number of nitrogens with zero attached hydrogens (tertiary/aromatic N) is 1. The molecule has 4 nitrogen and oxygen atoms in total. The SMILES string of the molecule is CCOc1cc(C(=O)OC)nc2c(F)cc(F)c(Br)c12. The molecule has 0 aliphatic heterocycles. The summed E-state index contributed by atoms with van der Waals surface area (Å²) >= 11 is 3.04. The van der Waals surface area contributed by atoms with E-state index >= 15 is 0 Å². The monoisotopic (exact) mass is 345 g/mol. The fraction of sp³-hybridized carbons (Fsp3) is 0.231. The van der Waals surface area contributed by atoms with Crippen molar-refractivity contribution in [1.29, 1.82) is 0 Å². The number of carbonyl (C=O) groups excluding carboxylic acids is 1. The lowest BCUT2D eigenvalue weighted by atomic mass is 10.1. The summed E-state index contributed by atoms with van der Waals surface area (Å²) in [6, 6.07) is 1.98. The van der Waals surface area contributed by atoms with E-state index in [2.05, 4.69) is 25.7 Å². The van der Waals surface area contributed by atoms with Gasteiger partial charge in [0.25, 0.3) is 0 Å². The molecule has 7 heteroatoms. The van der Waals surface area contributed by atoms with Gasteiger partial charge in [-0.1, -0.05) is 0 Å². The van der Waals surface area contributed by atoms with E-state index in [9.17, 15) is 13.6 Å². The van der Waals surface area contributed by atoms with E-state index in [-0.39, 0.29) is 33.4 Å². The number of halogens is 3. The molecule has 0 spiro atoms. The Morgan fingerprint density at radius 1 is 1.35 bits per heavy atom. The van der Waals surface area contributed by atoms with Crippen molar-refractivity contribution < 1.29 is 23.0 Å². The minimum absolute atomic E-state index is 0.0289. The average Bonchev–Trinajstić information content (AvgIpc) is 2.43. The van der Waals surface area contributed by atoms with Crippen LogP contribution >= 0.6 is 15.9 Å². The van der Waals surface area contributed by atoms with Gasteiger partial charge in [-0.25, -0.2) is 18.6 Å². The van der Waals surface area contributed by atoms with Crippen LogP contribution in [0.4, 0.5) is 8.78 Å². The van der Waals surface area contributed by atoms with Crippen molar-refractivity contribution in [2.75, 3.05) is 13.7 Å². The summed E-state index contributed by atoms with van der Waals surface area (Å²) in [5, 5.41) is 0.136. The Kier molecular flexibility index (Phi) is 4.17. The van der Waals surface area contributed by atoms with E-state index in [1.54, 1.807) is 6.92 Å². The summed E-state index contributed by atoms with van der Waals surface area (Å²) in [6.45, 7) is 1.98. The first-order valence-corrected chi connectivity index (χ1v) is 6.48. The fourth-order valence-corrected chi connectivity index (χ4v) is 2.25. The quantitative estimate of drug-likeness (QED) is 0.631. The molecule has 0 saturated carbocycles. The number of hydrogen-bond acceptors (Lipinski definition) is 4. The molecule has 0 aliphatic carbocycles. The van der Waals surface area contributed by atoms with Gasteiger partial charge in [0.15, 0.2) is 11.5 Å². The lowest BCUT2D eigenvalue weighted by Gasteiger charge is -2.11. The number of ether oxygens (including phenoxy) is 2. The Morgan fingerprint density at radius 2 is 2.05 bits per heavy atom. The smallest absolute Gasteiger partial charge is 0.356 e. The number of esters is 1. The summed E-state index contributed by atoms with van der Waals surface area (Å²) in [5.41, 5.74) is -0.273. The van der Waals surface area contributed by atoms with Crippen molar-refractivity contribution in [2.24, 2.45) is 0 Å². The molecule has 2 rings (SSSR count). The molecule has 0 N–H and O–H groups in total. The van der Waals surface area contributed by atoms with Crippen molar-refractivity contribution in [3.63, 3.8) is 0 Å². The highest BCUT2D eigenvalue weighted by Gasteiger charge is 2.20. The molecule has 0 bridgehead atoms. The maximum Gasteiger partial charge on any atom is 0.356 e. The second kappa shape index (κ2) is 5.70. The highest BCUT2D eigenvalue weighted by molar-refractivity contribution is 9.10. The van der Waals surface area contributed by atoms with E-state index < -0.39 is 17.6 Å². The van der Waals surface area contributed by atoms with E-state index in [0.29, 0.717) is 6.07 Å². The van der Waals surface area contributed by atoms with Crippen LogP contribution in [0.15, 0.2) is 16.6 Å². The molecule has 0 saturated heterocycles. The molecule has 106 valence electrons. The predicted molar refractivity (Wildman–Crippen MR) is 71.9 cm³/mol. The summed E-state index contributed by atoms with van der Waals surface area (Å²) in [7, 11) is 1.19.